The highest BCUT2D eigenvalue weighted by molar-refractivity contribution is 7.99. The van der Waals surface area contributed by atoms with E-state index in [1.54, 1.807) is 18.0 Å². The van der Waals surface area contributed by atoms with Gasteiger partial charge in [-0.2, -0.15) is 0 Å². The van der Waals surface area contributed by atoms with E-state index in [9.17, 15) is 0 Å². The van der Waals surface area contributed by atoms with Gasteiger partial charge in [0.05, 0.1) is 0 Å². The molecule has 0 bridgehead atoms. The number of hydrogen-bond acceptors (Lipinski definition) is 4. The van der Waals surface area contributed by atoms with Gasteiger partial charge >= 0.3 is 0 Å². The molecule has 0 amide bonds. The molecule has 6 heteroatoms. The second-order valence-electron chi connectivity index (χ2n) is 3.04. The Kier molecular flexibility index (Phi) is 3.82. The highest BCUT2D eigenvalue weighted by atomic mass is 32.2. The van der Waals surface area contributed by atoms with Crippen LogP contribution in [-0.4, -0.2) is 25.8 Å². The van der Waals surface area contributed by atoms with Crippen molar-refractivity contribution in [3.8, 4) is 0 Å². The summed E-state index contributed by atoms with van der Waals surface area (Å²) in [5.74, 6) is 0.249. The van der Waals surface area contributed by atoms with Crippen molar-refractivity contribution in [3.63, 3.8) is 0 Å². The Balaban J connectivity index is 2.49. The highest BCUT2D eigenvalue weighted by Gasteiger charge is 2.09. The first kappa shape index (κ1) is 10.9. The number of nitrogens with two attached hydrogens (primary N) is 1. The van der Waals surface area contributed by atoms with Crippen molar-refractivity contribution in [2.24, 2.45) is 17.9 Å². The molecule has 0 aliphatic heterocycles. The zero-order chi connectivity index (χ0) is 10.6. The third kappa shape index (κ3) is 2.95. The van der Waals surface area contributed by atoms with Crippen molar-refractivity contribution in [1.29, 1.82) is 0 Å². The van der Waals surface area contributed by atoms with Crippen LogP contribution >= 0.6 is 11.8 Å². The van der Waals surface area contributed by atoms with E-state index in [1.807, 2.05) is 24.7 Å². The number of imidazole rings is 1. The predicted octanol–water partition coefficient (Wildman–Crippen LogP) is 1.04. The SMILES string of the molecule is CC(CC(N)=NO)Sc1nccn1C. The summed E-state index contributed by atoms with van der Waals surface area (Å²) in [6, 6.07) is 0. The molecule has 0 radical (unpaired) electrons. The molecular weight excluding hydrogens is 200 g/mol. The molecule has 0 fully saturated rings. The Morgan fingerprint density at radius 3 is 3.07 bits per heavy atom. The normalized spacial score (nSPS) is 14.3. The Bertz CT molecular complexity index is 323. The highest BCUT2D eigenvalue weighted by Crippen LogP contribution is 2.22. The monoisotopic (exact) mass is 214 g/mol. The van der Waals surface area contributed by atoms with Crippen LogP contribution in [0.2, 0.25) is 0 Å². The lowest BCUT2D eigenvalue weighted by molar-refractivity contribution is 0.317. The second-order valence-corrected chi connectivity index (χ2v) is 4.45. The minimum absolute atomic E-state index is 0.243. The van der Waals surface area contributed by atoms with Crippen LogP contribution in [0.25, 0.3) is 0 Å². The molecule has 78 valence electrons. The fraction of sp³-hybridized carbons (Fsp3) is 0.500. The summed E-state index contributed by atoms with van der Waals surface area (Å²) in [5.41, 5.74) is 5.40. The van der Waals surface area contributed by atoms with Crippen LogP contribution in [-0.2, 0) is 7.05 Å². The summed E-state index contributed by atoms with van der Waals surface area (Å²) in [7, 11) is 1.94. The quantitative estimate of drug-likeness (QED) is 0.258. The van der Waals surface area contributed by atoms with E-state index in [4.69, 9.17) is 10.9 Å². The largest absolute Gasteiger partial charge is 0.409 e. The average Bonchev–Trinajstić information content (AvgIpc) is 2.51. The molecule has 0 saturated carbocycles. The number of hydrogen-bond donors (Lipinski definition) is 2. The molecule has 1 rings (SSSR count). The summed E-state index contributed by atoms with van der Waals surface area (Å²) in [6.45, 7) is 2.01. The molecule has 1 aromatic rings. The number of amidine groups is 1. The van der Waals surface area contributed by atoms with Gasteiger partial charge in [0.2, 0.25) is 0 Å². The molecule has 0 saturated heterocycles. The van der Waals surface area contributed by atoms with Crippen LogP contribution < -0.4 is 5.73 Å². The summed E-state index contributed by atoms with van der Waals surface area (Å²) in [5, 5.41) is 12.5. The number of thioether (sulfide) groups is 1. The summed E-state index contributed by atoms with van der Waals surface area (Å²) in [4.78, 5) is 4.17. The average molecular weight is 214 g/mol. The molecule has 14 heavy (non-hydrogen) atoms. The van der Waals surface area contributed by atoms with Gasteiger partial charge in [0.1, 0.15) is 5.84 Å². The van der Waals surface area contributed by atoms with Gasteiger partial charge in [-0.25, -0.2) is 4.98 Å². The topological polar surface area (TPSA) is 76.4 Å². The van der Waals surface area contributed by atoms with Gasteiger partial charge in [0.15, 0.2) is 5.16 Å². The molecule has 3 N–H and O–H groups in total. The zero-order valence-electron chi connectivity index (χ0n) is 8.21. The molecule has 1 atom stereocenters. The van der Waals surface area contributed by atoms with E-state index in [1.165, 1.54) is 0 Å². The van der Waals surface area contributed by atoms with Crippen molar-refractivity contribution >= 4 is 17.6 Å². The van der Waals surface area contributed by atoms with E-state index < -0.39 is 0 Å². The lowest BCUT2D eigenvalue weighted by atomic mass is 10.3. The molecule has 1 heterocycles. The number of oxime groups is 1. The van der Waals surface area contributed by atoms with Crippen molar-refractivity contribution in [2.45, 2.75) is 23.8 Å². The van der Waals surface area contributed by atoms with Crippen LogP contribution in [0, 0.1) is 0 Å². The maximum atomic E-state index is 8.40. The van der Waals surface area contributed by atoms with Gasteiger partial charge < -0.3 is 15.5 Å². The van der Waals surface area contributed by atoms with Crippen LogP contribution in [0.3, 0.4) is 0 Å². The second kappa shape index (κ2) is 4.90. The van der Waals surface area contributed by atoms with E-state index in [-0.39, 0.29) is 11.1 Å². The first-order valence-electron chi connectivity index (χ1n) is 4.24. The fourth-order valence-corrected chi connectivity index (χ4v) is 1.99. The van der Waals surface area contributed by atoms with Gasteiger partial charge in [-0.1, -0.05) is 23.8 Å². The van der Waals surface area contributed by atoms with Crippen molar-refractivity contribution < 1.29 is 5.21 Å². The Morgan fingerprint density at radius 1 is 1.86 bits per heavy atom. The van der Waals surface area contributed by atoms with Gasteiger partial charge in [-0.05, 0) is 0 Å². The predicted molar refractivity (Wildman–Crippen MR) is 56.6 cm³/mol. The summed E-state index contributed by atoms with van der Waals surface area (Å²) >= 11 is 1.60. The minimum atomic E-state index is 0.243. The molecule has 0 aliphatic carbocycles. The maximum Gasteiger partial charge on any atom is 0.167 e. The summed E-state index contributed by atoms with van der Waals surface area (Å²) in [6.07, 6.45) is 4.19. The molecule has 0 aliphatic rings. The molecule has 1 aromatic heterocycles. The molecule has 5 nitrogen and oxygen atoms in total. The Hall–Kier alpha value is -1.17. The van der Waals surface area contributed by atoms with Crippen molar-refractivity contribution in [2.75, 3.05) is 0 Å². The fourth-order valence-electron chi connectivity index (χ4n) is 1.02. The Labute approximate surface area is 87.0 Å². The number of aryl methyl sites for hydroxylation is 1. The number of rotatable bonds is 4. The third-order valence-corrected chi connectivity index (χ3v) is 2.88. The van der Waals surface area contributed by atoms with Gasteiger partial charge in [-0.3, -0.25) is 0 Å². The van der Waals surface area contributed by atoms with Crippen molar-refractivity contribution in [1.82, 2.24) is 9.55 Å². The smallest absolute Gasteiger partial charge is 0.167 e. The standard InChI is InChI=1S/C8H14N4OS/c1-6(5-7(9)11-13)14-8-10-3-4-12(8)2/h3-4,6,13H,5H2,1-2H3,(H2,9,11). The first-order valence-corrected chi connectivity index (χ1v) is 5.12. The van der Waals surface area contributed by atoms with E-state index >= 15 is 0 Å². The van der Waals surface area contributed by atoms with Crippen molar-refractivity contribution in [3.05, 3.63) is 12.4 Å². The summed E-state index contributed by atoms with van der Waals surface area (Å²) < 4.78 is 1.94. The van der Waals surface area contributed by atoms with E-state index in [0.717, 1.165) is 5.16 Å². The minimum Gasteiger partial charge on any atom is -0.409 e. The lowest BCUT2D eigenvalue weighted by Crippen LogP contribution is -2.16. The van der Waals surface area contributed by atoms with Crippen LogP contribution in [0.15, 0.2) is 22.7 Å². The van der Waals surface area contributed by atoms with E-state index in [0.29, 0.717) is 6.42 Å². The van der Waals surface area contributed by atoms with Gasteiger partial charge in [0.25, 0.3) is 0 Å². The van der Waals surface area contributed by atoms with Gasteiger partial charge in [0, 0.05) is 31.1 Å². The number of aromatic nitrogens is 2. The van der Waals surface area contributed by atoms with Gasteiger partial charge in [-0.15, -0.1) is 0 Å². The first-order chi connectivity index (χ1) is 6.63. The van der Waals surface area contributed by atoms with E-state index in [2.05, 4.69) is 10.1 Å². The Morgan fingerprint density at radius 2 is 2.57 bits per heavy atom. The molecule has 1 unspecified atom stereocenters. The van der Waals surface area contributed by atoms with Crippen LogP contribution in [0.5, 0.6) is 0 Å². The third-order valence-electron chi connectivity index (χ3n) is 1.71. The number of nitrogens with zero attached hydrogens (tertiary/aromatic N) is 3. The van der Waals surface area contributed by atoms with Crippen LogP contribution in [0.4, 0.5) is 0 Å². The maximum absolute atomic E-state index is 8.40. The molecule has 0 spiro atoms. The molecule has 0 aromatic carbocycles. The lowest BCUT2D eigenvalue weighted by Gasteiger charge is -2.08. The van der Waals surface area contributed by atoms with Crippen LogP contribution in [0.1, 0.15) is 13.3 Å². The zero-order valence-corrected chi connectivity index (χ0v) is 9.03. The molecular formula is C8H14N4OS.